The first-order valence-corrected chi connectivity index (χ1v) is 9.43. The molecule has 7 heteroatoms. The molecule has 0 bridgehead atoms. The van der Waals surface area contributed by atoms with Crippen molar-refractivity contribution in [2.24, 2.45) is 5.92 Å². The topological polar surface area (TPSA) is 79.9 Å². The fourth-order valence-corrected chi connectivity index (χ4v) is 3.94. The highest BCUT2D eigenvalue weighted by Gasteiger charge is 2.31. The van der Waals surface area contributed by atoms with Gasteiger partial charge in [-0.1, -0.05) is 19.3 Å². The maximum atomic E-state index is 12.4. The highest BCUT2D eigenvalue weighted by Crippen LogP contribution is 2.37. The van der Waals surface area contributed by atoms with Crippen LogP contribution in [0, 0.1) is 5.92 Å². The van der Waals surface area contributed by atoms with Gasteiger partial charge in [-0.2, -0.15) is 0 Å². The number of benzene rings is 1. The van der Waals surface area contributed by atoms with Gasteiger partial charge in [-0.3, -0.25) is 4.79 Å². The Balaban J connectivity index is 1.28. The number of nitrogens with one attached hydrogen (secondary N) is 2. The zero-order valence-corrected chi connectivity index (χ0v) is 14.8. The van der Waals surface area contributed by atoms with Crippen LogP contribution in [0.3, 0.4) is 0 Å². The number of hydrogen-bond donors (Lipinski definition) is 2. The molecule has 4 rings (SSSR count). The van der Waals surface area contributed by atoms with Crippen LogP contribution in [0.25, 0.3) is 0 Å². The van der Waals surface area contributed by atoms with Gasteiger partial charge in [-0.25, -0.2) is 4.79 Å². The van der Waals surface area contributed by atoms with Crippen LogP contribution >= 0.6 is 0 Å². The summed E-state index contributed by atoms with van der Waals surface area (Å²) in [6.07, 6.45) is 6.21. The first kappa shape index (κ1) is 17.0. The number of fused-ring (bicyclic) bond motifs is 1. The minimum absolute atomic E-state index is 0.0725. The molecular formula is C19H25N3O4. The summed E-state index contributed by atoms with van der Waals surface area (Å²) >= 11 is 0. The highest BCUT2D eigenvalue weighted by atomic mass is 16.7. The summed E-state index contributed by atoms with van der Waals surface area (Å²) in [6.45, 7) is 1.32. The van der Waals surface area contributed by atoms with E-state index in [2.05, 4.69) is 10.6 Å². The minimum atomic E-state index is -0.120. The van der Waals surface area contributed by atoms with Crippen molar-refractivity contribution in [1.29, 1.82) is 0 Å². The fourth-order valence-electron chi connectivity index (χ4n) is 3.94. The molecule has 26 heavy (non-hydrogen) atoms. The van der Waals surface area contributed by atoms with Crippen molar-refractivity contribution in [3.63, 3.8) is 0 Å². The standard InChI is InChI=1S/C19H25N3O4/c23-18-8-13(10-20-19(24)21-14-4-2-1-3-5-14)11-22(18)15-6-7-16-17(9-15)26-12-25-16/h6-7,9,13-14H,1-5,8,10-12H2,(H2,20,21,24)/t13-/m0/s1. The van der Waals surface area contributed by atoms with E-state index in [1.165, 1.54) is 19.3 Å². The van der Waals surface area contributed by atoms with Crippen LogP contribution in [-0.2, 0) is 4.79 Å². The van der Waals surface area contributed by atoms with Gasteiger partial charge in [0, 0.05) is 43.2 Å². The molecule has 0 spiro atoms. The number of rotatable bonds is 4. The van der Waals surface area contributed by atoms with Crippen LogP contribution in [0.1, 0.15) is 38.5 Å². The van der Waals surface area contributed by atoms with E-state index in [0.717, 1.165) is 18.5 Å². The summed E-state index contributed by atoms with van der Waals surface area (Å²) in [6, 6.07) is 5.71. The third-order valence-corrected chi connectivity index (χ3v) is 5.36. The van der Waals surface area contributed by atoms with Crippen LogP contribution in [-0.4, -0.2) is 37.9 Å². The Bertz CT molecular complexity index is 687. The molecule has 3 amide bonds. The molecule has 1 aliphatic carbocycles. The predicted molar refractivity (Wildman–Crippen MR) is 96.4 cm³/mol. The number of hydrogen-bond acceptors (Lipinski definition) is 4. The van der Waals surface area contributed by atoms with Gasteiger partial charge in [-0.05, 0) is 25.0 Å². The Morgan fingerprint density at radius 2 is 1.96 bits per heavy atom. The maximum absolute atomic E-state index is 12.4. The van der Waals surface area contributed by atoms with Crippen LogP contribution in [0.5, 0.6) is 11.5 Å². The first-order valence-electron chi connectivity index (χ1n) is 9.43. The van der Waals surface area contributed by atoms with Crippen molar-refractivity contribution in [2.45, 2.75) is 44.6 Å². The van der Waals surface area contributed by atoms with Crippen LogP contribution in [0.4, 0.5) is 10.5 Å². The molecule has 1 atom stereocenters. The lowest BCUT2D eigenvalue weighted by Crippen LogP contribution is -2.44. The summed E-state index contributed by atoms with van der Waals surface area (Å²) in [5.41, 5.74) is 0.813. The van der Waals surface area contributed by atoms with E-state index in [1.807, 2.05) is 18.2 Å². The molecular weight excluding hydrogens is 334 g/mol. The monoisotopic (exact) mass is 359 g/mol. The molecule has 0 radical (unpaired) electrons. The molecule has 1 saturated heterocycles. The second-order valence-electron chi connectivity index (χ2n) is 7.30. The molecule has 1 aromatic rings. The normalized spacial score (nSPS) is 22.5. The lowest BCUT2D eigenvalue weighted by Gasteiger charge is -2.23. The fraction of sp³-hybridized carbons (Fsp3) is 0.579. The lowest BCUT2D eigenvalue weighted by molar-refractivity contribution is -0.117. The number of amides is 3. The van der Waals surface area contributed by atoms with Gasteiger partial charge >= 0.3 is 6.03 Å². The maximum Gasteiger partial charge on any atom is 0.315 e. The SMILES string of the molecule is O=C(NC[C@@H]1CC(=O)N(c2ccc3c(c2)OCO3)C1)NC1CCCCC1. The van der Waals surface area contributed by atoms with E-state index < -0.39 is 0 Å². The van der Waals surface area contributed by atoms with Gasteiger partial charge in [0.15, 0.2) is 11.5 Å². The zero-order chi connectivity index (χ0) is 17.9. The lowest BCUT2D eigenvalue weighted by atomic mass is 9.96. The van der Waals surface area contributed by atoms with Gasteiger partial charge in [0.1, 0.15) is 0 Å². The van der Waals surface area contributed by atoms with Crippen LogP contribution in [0.15, 0.2) is 18.2 Å². The number of carbonyl (C=O) groups is 2. The summed E-state index contributed by atoms with van der Waals surface area (Å²) in [7, 11) is 0. The summed E-state index contributed by atoms with van der Waals surface area (Å²) < 4.78 is 10.7. The molecule has 0 aromatic heterocycles. The van der Waals surface area contributed by atoms with Gasteiger partial charge in [0.05, 0.1) is 0 Å². The molecule has 2 N–H and O–H groups in total. The summed E-state index contributed by atoms with van der Waals surface area (Å²) in [4.78, 5) is 26.2. The van der Waals surface area contributed by atoms with Gasteiger partial charge in [0.2, 0.25) is 12.7 Å². The highest BCUT2D eigenvalue weighted by molar-refractivity contribution is 5.96. The van der Waals surface area contributed by atoms with E-state index in [0.29, 0.717) is 37.1 Å². The van der Waals surface area contributed by atoms with E-state index in [-0.39, 0.29) is 24.6 Å². The zero-order valence-electron chi connectivity index (χ0n) is 14.8. The molecule has 2 fully saturated rings. The minimum Gasteiger partial charge on any atom is -0.454 e. The van der Waals surface area contributed by atoms with Crippen molar-refractivity contribution < 1.29 is 19.1 Å². The smallest absolute Gasteiger partial charge is 0.315 e. The number of carbonyl (C=O) groups excluding carboxylic acids is 2. The van der Waals surface area contributed by atoms with E-state index in [9.17, 15) is 9.59 Å². The van der Waals surface area contributed by atoms with Crippen molar-refractivity contribution >= 4 is 17.6 Å². The third kappa shape index (κ3) is 3.71. The third-order valence-electron chi connectivity index (χ3n) is 5.36. The first-order chi connectivity index (χ1) is 12.7. The van der Waals surface area contributed by atoms with Crippen molar-refractivity contribution in [2.75, 3.05) is 24.8 Å². The predicted octanol–water partition coefficient (Wildman–Crippen LogP) is 2.40. The molecule has 0 unspecified atom stereocenters. The van der Waals surface area contributed by atoms with Crippen molar-refractivity contribution in [1.82, 2.24) is 10.6 Å². The van der Waals surface area contributed by atoms with Crippen LogP contribution < -0.4 is 25.0 Å². The summed E-state index contributed by atoms with van der Waals surface area (Å²) in [5.74, 6) is 1.56. The molecule has 140 valence electrons. The van der Waals surface area contributed by atoms with Gasteiger partial charge < -0.3 is 25.0 Å². The quantitative estimate of drug-likeness (QED) is 0.865. The van der Waals surface area contributed by atoms with Crippen LogP contribution in [0.2, 0.25) is 0 Å². The number of nitrogens with zero attached hydrogens (tertiary/aromatic N) is 1. The largest absolute Gasteiger partial charge is 0.454 e. The molecule has 2 aliphatic heterocycles. The average molecular weight is 359 g/mol. The Hall–Kier alpha value is -2.44. The Labute approximate surface area is 153 Å². The molecule has 1 saturated carbocycles. The van der Waals surface area contributed by atoms with Gasteiger partial charge in [0.25, 0.3) is 0 Å². The summed E-state index contributed by atoms with van der Waals surface area (Å²) in [5, 5.41) is 5.98. The molecule has 1 aromatic carbocycles. The van der Waals surface area contributed by atoms with E-state index in [4.69, 9.17) is 9.47 Å². The van der Waals surface area contributed by atoms with Crippen molar-refractivity contribution in [3.05, 3.63) is 18.2 Å². The van der Waals surface area contributed by atoms with Gasteiger partial charge in [-0.15, -0.1) is 0 Å². The molecule has 7 nitrogen and oxygen atoms in total. The number of anilines is 1. The molecule has 3 aliphatic rings. The second-order valence-corrected chi connectivity index (χ2v) is 7.30. The second kappa shape index (κ2) is 7.43. The Morgan fingerprint density at radius 3 is 2.81 bits per heavy atom. The molecule has 2 heterocycles. The number of urea groups is 1. The van der Waals surface area contributed by atoms with E-state index >= 15 is 0 Å². The number of ether oxygens (including phenoxy) is 2. The van der Waals surface area contributed by atoms with E-state index in [1.54, 1.807) is 4.90 Å². The Kier molecular flexibility index (Phi) is 4.86. The van der Waals surface area contributed by atoms with Crippen molar-refractivity contribution in [3.8, 4) is 11.5 Å². The average Bonchev–Trinajstić information content (AvgIpc) is 3.26. The Morgan fingerprint density at radius 1 is 1.15 bits per heavy atom.